The predicted molar refractivity (Wildman–Crippen MR) is 51.6 cm³/mol. The van der Waals surface area contributed by atoms with E-state index in [1.54, 1.807) is 6.07 Å². The van der Waals surface area contributed by atoms with Crippen molar-refractivity contribution < 1.29 is 8.42 Å². The minimum Gasteiger partial charge on any atom is -0.399 e. The first-order valence-electron chi connectivity index (χ1n) is 2.90. The molecule has 0 saturated carbocycles. The van der Waals surface area contributed by atoms with Gasteiger partial charge in [0.05, 0.1) is 4.90 Å². The molecule has 0 atom stereocenters. The molecule has 0 amide bonds. The van der Waals surface area contributed by atoms with Crippen LogP contribution >= 0.6 is 26.6 Å². The quantitative estimate of drug-likeness (QED) is 0.627. The number of nitrogens with two attached hydrogens (primary N) is 1. The number of benzene rings is 1. The van der Waals surface area contributed by atoms with Gasteiger partial charge in [-0.1, -0.05) is 15.9 Å². The Kier molecular flexibility index (Phi) is 2.65. The Morgan fingerprint density at radius 2 is 1.92 bits per heavy atom. The molecule has 0 fully saturated rings. The summed E-state index contributed by atoms with van der Waals surface area (Å²) in [6.45, 7) is 0. The van der Waals surface area contributed by atoms with Crippen molar-refractivity contribution in [2.75, 3.05) is 5.73 Å². The normalized spacial score (nSPS) is 11.5. The summed E-state index contributed by atoms with van der Waals surface area (Å²) in [6.07, 6.45) is 0. The van der Waals surface area contributed by atoms with Crippen LogP contribution in [0, 0.1) is 0 Å². The van der Waals surface area contributed by atoms with Gasteiger partial charge in [0.1, 0.15) is 0 Å². The molecule has 6 heteroatoms. The Morgan fingerprint density at radius 3 is 2.33 bits per heavy atom. The molecule has 1 aromatic carbocycles. The van der Waals surface area contributed by atoms with Crippen LogP contribution in [-0.2, 0) is 9.05 Å². The summed E-state index contributed by atoms with van der Waals surface area (Å²) >= 11 is 3.10. The zero-order valence-electron chi connectivity index (χ0n) is 5.79. The van der Waals surface area contributed by atoms with Crippen molar-refractivity contribution in [3.63, 3.8) is 0 Å². The third-order valence-corrected chi connectivity index (χ3v) is 2.97. The van der Waals surface area contributed by atoms with Crippen LogP contribution in [0.15, 0.2) is 27.6 Å². The van der Waals surface area contributed by atoms with E-state index < -0.39 is 9.05 Å². The van der Waals surface area contributed by atoms with Gasteiger partial charge in [0.2, 0.25) is 0 Å². The molecule has 0 heterocycles. The highest BCUT2D eigenvalue weighted by Crippen LogP contribution is 2.23. The van der Waals surface area contributed by atoms with E-state index in [-0.39, 0.29) is 4.90 Å². The Bertz CT molecular complexity index is 384. The molecule has 0 aliphatic heterocycles. The lowest BCUT2D eigenvalue weighted by Crippen LogP contribution is -1.93. The molecule has 1 aromatic rings. The van der Waals surface area contributed by atoms with Gasteiger partial charge >= 0.3 is 0 Å². The van der Waals surface area contributed by atoms with Gasteiger partial charge < -0.3 is 5.73 Å². The SMILES string of the molecule is Nc1cc(Br)cc(S(=O)(=O)Cl)c1. The van der Waals surface area contributed by atoms with E-state index in [9.17, 15) is 8.42 Å². The summed E-state index contributed by atoms with van der Waals surface area (Å²) in [5.74, 6) is 0. The topological polar surface area (TPSA) is 60.2 Å². The van der Waals surface area contributed by atoms with Gasteiger partial charge in [-0.05, 0) is 18.2 Å². The summed E-state index contributed by atoms with van der Waals surface area (Å²) in [6, 6.07) is 4.28. The monoisotopic (exact) mass is 269 g/mol. The van der Waals surface area contributed by atoms with Crippen LogP contribution in [0.4, 0.5) is 5.69 Å². The highest BCUT2D eigenvalue weighted by Gasteiger charge is 2.10. The first-order chi connectivity index (χ1) is 5.39. The molecule has 3 nitrogen and oxygen atoms in total. The summed E-state index contributed by atoms with van der Waals surface area (Å²) < 4.78 is 22.2. The Morgan fingerprint density at radius 1 is 1.33 bits per heavy atom. The summed E-state index contributed by atoms with van der Waals surface area (Å²) in [4.78, 5) is -0.00367. The van der Waals surface area contributed by atoms with Crippen molar-refractivity contribution in [3.8, 4) is 0 Å². The first kappa shape index (κ1) is 9.83. The van der Waals surface area contributed by atoms with Crippen LogP contribution in [0.25, 0.3) is 0 Å². The van der Waals surface area contributed by atoms with Crippen LogP contribution in [0.2, 0.25) is 0 Å². The zero-order valence-corrected chi connectivity index (χ0v) is 8.95. The zero-order chi connectivity index (χ0) is 9.35. The van der Waals surface area contributed by atoms with E-state index in [1.807, 2.05) is 0 Å². The van der Waals surface area contributed by atoms with Crippen LogP contribution < -0.4 is 5.73 Å². The molecule has 0 radical (unpaired) electrons. The Balaban J connectivity index is 3.37. The lowest BCUT2D eigenvalue weighted by molar-refractivity contribution is 0.609. The van der Waals surface area contributed by atoms with Crippen molar-refractivity contribution in [1.82, 2.24) is 0 Å². The number of anilines is 1. The van der Waals surface area contributed by atoms with Crippen molar-refractivity contribution in [2.24, 2.45) is 0 Å². The summed E-state index contributed by atoms with van der Waals surface area (Å²) in [5, 5.41) is 0. The molecule has 2 N–H and O–H groups in total. The minimum absolute atomic E-state index is 0.00367. The molecule has 0 saturated heterocycles. The second kappa shape index (κ2) is 3.24. The maximum atomic E-state index is 10.8. The molecule has 12 heavy (non-hydrogen) atoms. The molecular weight excluding hydrogens is 265 g/mol. The number of hydrogen-bond donors (Lipinski definition) is 1. The van der Waals surface area contributed by atoms with Gasteiger partial charge in [-0.15, -0.1) is 0 Å². The second-order valence-corrected chi connectivity index (χ2v) is 5.64. The Hall–Kier alpha value is -0.260. The molecule has 0 aliphatic carbocycles. The maximum absolute atomic E-state index is 10.8. The van der Waals surface area contributed by atoms with Crippen LogP contribution in [0.3, 0.4) is 0 Å². The average Bonchev–Trinajstić information content (AvgIpc) is 1.82. The average molecular weight is 271 g/mol. The lowest BCUT2D eigenvalue weighted by Gasteiger charge is -1.98. The van der Waals surface area contributed by atoms with Gasteiger partial charge in [0.15, 0.2) is 0 Å². The van der Waals surface area contributed by atoms with E-state index in [0.29, 0.717) is 10.2 Å². The second-order valence-electron chi connectivity index (χ2n) is 2.16. The number of hydrogen-bond acceptors (Lipinski definition) is 3. The van der Waals surface area contributed by atoms with Gasteiger partial charge in [-0.3, -0.25) is 0 Å². The lowest BCUT2D eigenvalue weighted by atomic mass is 10.3. The fourth-order valence-electron chi connectivity index (χ4n) is 0.725. The van der Waals surface area contributed by atoms with Crippen LogP contribution in [0.1, 0.15) is 0 Å². The van der Waals surface area contributed by atoms with E-state index in [2.05, 4.69) is 15.9 Å². The van der Waals surface area contributed by atoms with Gasteiger partial charge in [0.25, 0.3) is 9.05 Å². The van der Waals surface area contributed by atoms with Crippen LogP contribution in [0.5, 0.6) is 0 Å². The maximum Gasteiger partial charge on any atom is 0.261 e. The number of rotatable bonds is 1. The molecule has 0 aliphatic rings. The smallest absolute Gasteiger partial charge is 0.261 e. The third-order valence-electron chi connectivity index (χ3n) is 1.18. The van der Waals surface area contributed by atoms with Gasteiger partial charge in [-0.2, -0.15) is 0 Å². The standard InChI is InChI=1S/C6H5BrClNO2S/c7-4-1-5(9)3-6(2-4)12(8,10)11/h1-3H,9H2. The van der Waals surface area contributed by atoms with E-state index >= 15 is 0 Å². The molecule has 0 spiro atoms. The van der Waals surface area contributed by atoms with E-state index in [1.165, 1.54) is 12.1 Å². The van der Waals surface area contributed by atoms with Crippen molar-refractivity contribution in [1.29, 1.82) is 0 Å². The fourth-order valence-corrected chi connectivity index (χ4v) is 2.20. The van der Waals surface area contributed by atoms with E-state index in [0.717, 1.165) is 0 Å². The largest absolute Gasteiger partial charge is 0.399 e. The van der Waals surface area contributed by atoms with Crippen molar-refractivity contribution in [2.45, 2.75) is 4.90 Å². The first-order valence-corrected chi connectivity index (χ1v) is 6.00. The van der Waals surface area contributed by atoms with Crippen molar-refractivity contribution in [3.05, 3.63) is 22.7 Å². The molecular formula is C6H5BrClNO2S. The molecule has 66 valence electrons. The predicted octanol–water partition coefficient (Wildman–Crippen LogP) is 1.96. The van der Waals surface area contributed by atoms with Crippen molar-refractivity contribution >= 4 is 41.4 Å². The molecule has 1 rings (SSSR count). The van der Waals surface area contributed by atoms with Gasteiger partial charge in [0, 0.05) is 20.8 Å². The highest BCUT2D eigenvalue weighted by atomic mass is 79.9. The fraction of sp³-hybridized carbons (Fsp3) is 0. The molecule has 0 bridgehead atoms. The van der Waals surface area contributed by atoms with E-state index in [4.69, 9.17) is 16.4 Å². The third kappa shape index (κ3) is 2.36. The van der Waals surface area contributed by atoms with Crippen LogP contribution in [-0.4, -0.2) is 8.42 Å². The number of nitrogen functional groups attached to an aromatic ring is 1. The molecule has 0 unspecified atom stereocenters. The Labute approximate surface area is 83.1 Å². The minimum atomic E-state index is -3.69. The number of halogens is 2. The van der Waals surface area contributed by atoms with Gasteiger partial charge in [-0.25, -0.2) is 8.42 Å². The molecule has 0 aromatic heterocycles. The summed E-state index contributed by atoms with van der Waals surface area (Å²) in [7, 11) is 1.41. The highest BCUT2D eigenvalue weighted by molar-refractivity contribution is 9.10. The summed E-state index contributed by atoms with van der Waals surface area (Å²) in [5.41, 5.74) is 5.75.